The lowest BCUT2D eigenvalue weighted by atomic mass is 10.3. The minimum atomic E-state index is 0.761. The molecule has 0 aliphatic rings. The van der Waals surface area contributed by atoms with Crippen molar-refractivity contribution >= 4 is 5.69 Å². The van der Waals surface area contributed by atoms with Crippen molar-refractivity contribution < 1.29 is 4.74 Å². The fourth-order valence-electron chi connectivity index (χ4n) is 1.27. The normalized spacial score (nSPS) is 9.67. The predicted molar refractivity (Wildman–Crippen MR) is 60.8 cm³/mol. The van der Waals surface area contributed by atoms with Crippen LogP contribution in [0.15, 0.2) is 54.6 Å². The third-order valence-corrected chi connectivity index (χ3v) is 1.98. The molecule has 2 aromatic rings. The van der Waals surface area contributed by atoms with Gasteiger partial charge in [0.2, 0.25) is 0 Å². The van der Waals surface area contributed by atoms with Crippen LogP contribution in [0.3, 0.4) is 0 Å². The summed E-state index contributed by atoms with van der Waals surface area (Å²) in [5.74, 6) is 6.88. The minimum Gasteiger partial charge on any atom is -0.457 e. The van der Waals surface area contributed by atoms with Crippen LogP contribution < -0.4 is 16.0 Å². The summed E-state index contributed by atoms with van der Waals surface area (Å²) in [6.07, 6.45) is 0. The second-order valence-electron chi connectivity index (χ2n) is 3.09. The molecule has 15 heavy (non-hydrogen) atoms. The highest BCUT2D eigenvalue weighted by atomic mass is 16.5. The van der Waals surface area contributed by atoms with Gasteiger partial charge >= 0.3 is 0 Å². The fraction of sp³-hybridized carbons (Fsp3) is 0. The molecule has 0 saturated heterocycles. The van der Waals surface area contributed by atoms with Crippen molar-refractivity contribution in [1.29, 1.82) is 0 Å². The Kier molecular flexibility index (Phi) is 2.85. The molecule has 3 nitrogen and oxygen atoms in total. The highest BCUT2D eigenvalue weighted by molar-refractivity contribution is 5.48. The average Bonchev–Trinajstić information content (AvgIpc) is 2.31. The van der Waals surface area contributed by atoms with Gasteiger partial charge in [0.25, 0.3) is 0 Å². The van der Waals surface area contributed by atoms with Crippen molar-refractivity contribution in [1.82, 2.24) is 0 Å². The highest BCUT2D eigenvalue weighted by Crippen LogP contribution is 2.23. The first-order chi connectivity index (χ1) is 7.38. The second-order valence-corrected chi connectivity index (χ2v) is 3.09. The Morgan fingerprint density at radius 3 is 2.33 bits per heavy atom. The molecule has 0 aromatic heterocycles. The van der Waals surface area contributed by atoms with E-state index in [1.807, 2.05) is 54.6 Å². The van der Waals surface area contributed by atoms with E-state index < -0.39 is 0 Å². The lowest BCUT2D eigenvalue weighted by molar-refractivity contribution is 0.483. The Bertz CT molecular complexity index is 429. The van der Waals surface area contributed by atoms with Crippen molar-refractivity contribution in [2.75, 3.05) is 5.43 Å². The minimum absolute atomic E-state index is 0.761. The van der Waals surface area contributed by atoms with Crippen LogP contribution in [0.1, 0.15) is 0 Å². The molecule has 0 unspecified atom stereocenters. The number of nitrogens with one attached hydrogen (secondary N) is 1. The third kappa shape index (κ3) is 2.48. The number of hydrogen-bond acceptors (Lipinski definition) is 3. The third-order valence-electron chi connectivity index (χ3n) is 1.98. The zero-order chi connectivity index (χ0) is 10.5. The van der Waals surface area contributed by atoms with Gasteiger partial charge in [0.1, 0.15) is 11.5 Å². The lowest BCUT2D eigenvalue weighted by Crippen LogP contribution is -2.06. The topological polar surface area (TPSA) is 47.3 Å². The van der Waals surface area contributed by atoms with Crippen molar-refractivity contribution in [2.24, 2.45) is 5.84 Å². The zero-order valence-corrected chi connectivity index (χ0v) is 8.18. The van der Waals surface area contributed by atoms with Gasteiger partial charge in [-0.25, -0.2) is 0 Å². The van der Waals surface area contributed by atoms with Crippen molar-refractivity contribution in [2.45, 2.75) is 0 Å². The Morgan fingerprint density at radius 1 is 0.867 bits per heavy atom. The summed E-state index contributed by atoms with van der Waals surface area (Å²) in [4.78, 5) is 0. The average molecular weight is 200 g/mol. The van der Waals surface area contributed by atoms with E-state index in [0.717, 1.165) is 17.2 Å². The molecule has 0 radical (unpaired) electrons. The van der Waals surface area contributed by atoms with Crippen molar-refractivity contribution in [3.8, 4) is 11.5 Å². The molecule has 0 atom stereocenters. The number of nitrogens with two attached hydrogens (primary N) is 1. The van der Waals surface area contributed by atoms with E-state index in [9.17, 15) is 0 Å². The first-order valence-corrected chi connectivity index (χ1v) is 4.68. The van der Waals surface area contributed by atoms with E-state index in [0.29, 0.717) is 0 Å². The van der Waals surface area contributed by atoms with E-state index in [4.69, 9.17) is 10.6 Å². The molecule has 0 aliphatic heterocycles. The van der Waals surface area contributed by atoms with E-state index in [1.54, 1.807) is 0 Å². The van der Waals surface area contributed by atoms with Crippen LogP contribution in [0.5, 0.6) is 11.5 Å². The summed E-state index contributed by atoms with van der Waals surface area (Å²) in [7, 11) is 0. The quantitative estimate of drug-likeness (QED) is 0.591. The molecule has 3 heteroatoms. The maximum atomic E-state index is 5.63. The van der Waals surface area contributed by atoms with Crippen LogP contribution in [-0.2, 0) is 0 Å². The molecule has 0 aliphatic carbocycles. The van der Waals surface area contributed by atoms with Gasteiger partial charge in [0.15, 0.2) is 0 Å². The predicted octanol–water partition coefficient (Wildman–Crippen LogP) is 2.76. The molecule has 0 heterocycles. The number of benzene rings is 2. The van der Waals surface area contributed by atoms with E-state index in [1.165, 1.54) is 0 Å². The number of hydrogen-bond donors (Lipinski definition) is 2. The first-order valence-electron chi connectivity index (χ1n) is 4.68. The number of para-hydroxylation sites is 1. The first kappa shape index (κ1) is 9.55. The van der Waals surface area contributed by atoms with Gasteiger partial charge in [0, 0.05) is 6.07 Å². The number of nitrogen functional groups attached to an aromatic ring is 1. The summed E-state index contributed by atoms with van der Waals surface area (Å²) in [5, 5.41) is 0. The second kappa shape index (κ2) is 4.48. The molecule has 2 aromatic carbocycles. The Labute approximate surface area is 88.5 Å². The van der Waals surface area contributed by atoms with Gasteiger partial charge in [-0.1, -0.05) is 24.3 Å². The van der Waals surface area contributed by atoms with Gasteiger partial charge < -0.3 is 10.2 Å². The number of rotatable bonds is 3. The largest absolute Gasteiger partial charge is 0.457 e. The molecule has 3 N–H and O–H groups in total. The lowest BCUT2D eigenvalue weighted by Gasteiger charge is -2.06. The number of anilines is 1. The van der Waals surface area contributed by atoms with Gasteiger partial charge in [-0.15, -0.1) is 0 Å². The Balaban J connectivity index is 2.17. The molecular formula is C12H12N2O. The van der Waals surface area contributed by atoms with Crippen LogP contribution in [0.2, 0.25) is 0 Å². The van der Waals surface area contributed by atoms with Crippen LogP contribution in [0.25, 0.3) is 0 Å². The molecule has 76 valence electrons. The van der Waals surface area contributed by atoms with Gasteiger partial charge in [-0.05, 0) is 24.3 Å². The van der Waals surface area contributed by atoms with Crippen molar-refractivity contribution in [3.63, 3.8) is 0 Å². The van der Waals surface area contributed by atoms with Crippen LogP contribution >= 0.6 is 0 Å². The smallest absolute Gasteiger partial charge is 0.129 e. The van der Waals surface area contributed by atoms with E-state index in [-0.39, 0.29) is 0 Å². The van der Waals surface area contributed by atoms with Crippen molar-refractivity contribution in [3.05, 3.63) is 54.6 Å². The maximum Gasteiger partial charge on any atom is 0.129 e. The molecule has 0 spiro atoms. The van der Waals surface area contributed by atoms with Crippen LogP contribution in [0, 0.1) is 0 Å². The molecule has 0 bridgehead atoms. The molecular weight excluding hydrogens is 188 g/mol. The summed E-state index contributed by atoms with van der Waals surface area (Å²) in [6.45, 7) is 0. The summed E-state index contributed by atoms with van der Waals surface area (Å²) < 4.78 is 5.63. The monoisotopic (exact) mass is 200 g/mol. The molecule has 0 saturated carbocycles. The van der Waals surface area contributed by atoms with Gasteiger partial charge in [-0.3, -0.25) is 5.84 Å². The number of hydrazine groups is 1. The highest BCUT2D eigenvalue weighted by Gasteiger charge is 1.96. The zero-order valence-electron chi connectivity index (χ0n) is 8.18. The summed E-state index contributed by atoms with van der Waals surface area (Å²) in [6, 6.07) is 17.1. The van der Waals surface area contributed by atoms with Gasteiger partial charge in [-0.2, -0.15) is 0 Å². The Morgan fingerprint density at radius 2 is 1.60 bits per heavy atom. The van der Waals surface area contributed by atoms with E-state index >= 15 is 0 Å². The SMILES string of the molecule is NNc1cccc(Oc2ccccc2)c1. The van der Waals surface area contributed by atoms with Crippen LogP contribution in [0.4, 0.5) is 5.69 Å². The Hall–Kier alpha value is -2.00. The van der Waals surface area contributed by atoms with Crippen LogP contribution in [-0.4, -0.2) is 0 Å². The van der Waals surface area contributed by atoms with E-state index in [2.05, 4.69) is 5.43 Å². The molecule has 0 amide bonds. The molecule has 0 fully saturated rings. The molecule has 2 rings (SSSR count). The van der Waals surface area contributed by atoms with Gasteiger partial charge in [0.05, 0.1) is 5.69 Å². The fourth-order valence-corrected chi connectivity index (χ4v) is 1.27. The number of ether oxygens (including phenoxy) is 1. The summed E-state index contributed by atoms with van der Waals surface area (Å²) in [5.41, 5.74) is 3.40. The standard InChI is InChI=1S/C12H12N2O/c13-14-10-5-4-8-12(9-10)15-11-6-2-1-3-7-11/h1-9,14H,13H2. The maximum absolute atomic E-state index is 5.63. The summed E-state index contributed by atoms with van der Waals surface area (Å²) >= 11 is 0.